The van der Waals surface area contributed by atoms with E-state index in [2.05, 4.69) is 32.0 Å². The summed E-state index contributed by atoms with van der Waals surface area (Å²) in [5.41, 5.74) is 1.56. The van der Waals surface area contributed by atoms with Crippen LogP contribution in [0.15, 0.2) is 54.9 Å². The predicted octanol–water partition coefficient (Wildman–Crippen LogP) is 4.25. The molecule has 0 aliphatic heterocycles. The van der Waals surface area contributed by atoms with Crippen molar-refractivity contribution in [2.45, 2.75) is 51.6 Å². The zero-order chi connectivity index (χ0) is 23.8. The second-order valence-corrected chi connectivity index (χ2v) is 8.67. The van der Waals surface area contributed by atoms with E-state index in [1.165, 1.54) is 12.8 Å². The monoisotopic (exact) mass is 457 g/mol. The van der Waals surface area contributed by atoms with Gasteiger partial charge >= 0.3 is 0 Å². The number of hydrogen-bond acceptors (Lipinski definition) is 6. The van der Waals surface area contributed by atoms with Crippen LogP contribution in [0.2, 0.25) is 0 Å². The molecule has 0 radical (unpaired) electrons. The molecule has 1 aromatic carbocycles. The maximum atomic E-state index is 13.3. The number of carbonyl (C=O) groups is 1. The lowest BCUT2D eigenvalue weighted by Gasteiger charge is -2.22. The Morgan fingerprint density at radius 2 is 1.91 bits per heavy atom. The maximum Gasteiger partial charge on any atom is 0.242 e. The Morgan fingerprint density at radius 3 is 2.59 bits per heavy atom. The lowest BCUT2D eigenvalue weighted by Crippen LogP contribution is -2.40. The molecule has 3 aromatic rings. The zero-order valence-corrected chi connectivity index (χ0v) is 19.5. The first-order valence-electron chi connectivity index (χ1n) is 11.9. The van der Waals surface area contributed by atoms with Crippen LogP contribution < -0.4 is 16.0 Å². The maximum absolute atomic E-state index is 13.3. The normalized spacial score (nSPS) is 14.4. The van der Waals surface area contributed by atoms with Crippen molar-refractivity contribution < 1.29 is 4.79 Å². The molecule has 2 heterocycles. The molecule has 1 fully saturated rings. The lowest BCUT2D eigenvalue weighted by molar-refractivity contribution is -0.122. The van der Waals surface area contributed by atoms with Crippen molar-refractivity contribution in [3.63, 3.8) is 0 Å². The first-order chi connectivity index (χ1) is 16.6. The molecule has 1 amide bonds. The van der Waals surface area contributed by atoms with E-state index in [4.69, 9.17) is 5.26 Å². The zero-order valence-electron chi connectivity index (χ0n) is 19.5. The minimum atomic E-state index is -0.400. The topological polar surface area (TPSA) is 108 Å². The van der Waals surface area contributed by atoms with Gasteiger partial charge in [0.2, 0.25) is 11.9 Å². The van der Waals surface area contributed by atoms with Gasteiger partial charge in [-0.25, -0.2) is 0 Å². The van der Waals surface area contributed by atoms with E-state index in [-0.39, 0.29) is 5.91 Å². The van der Waals surface area contributed by atoms with Crippen LogP contribution in [0, 0.1) is 17.2 Å². The summed E-state index contributed by atoms with van der Waals surface area (Å²) in [5.74, 6) is 2.34. The van der Waals surface area contributed by atoms with Gasteiger partial charge in [0.25, 0.3) is 0 Å². The average Bonchev–Trinajstić information content (AvgIpc) is 3.57. The van der Waals surface area contributed by atoms with Crippen molar-refractivity contribution in [2.24, 2.45) is 5.92 Å². The van der Waals surface area contributed by atoms with Crippen LogP contribution in [-0.2, 0) is 11.3 Å². The van der Waals surface area contributed by atoms with Gasteiger partial charge in [0.1, 0.15) is 17.7 Å². The van der Waals surface area contributed by atoms with Crippen LogP contribution in [0.1, 0.15) is 50.2 Å². The van der Waals surface area contributed by atoms with Crippen LogP contribution in [0.4, 0.5) is 11.8 Å². The molecule has 8 nitrogen and oxygen atoms in total. The van der Waals surface area contributed by atoms with E-state index >= 15 is 0 Å². The standard InChI is InChI=1S/C26H31N7O/c1-2-28-26-31-23(16-24(32-26)33-13-5-6-14-33)30-22(15-19-7-3-4-8-19)25(34)29-18-21-11-9-20(17-27)10-12-21/h5-6,9-14,16,19,22H,2-4,7-8,15,18H2,1H3,(H,29,34)(H2,28,30,31,32)/t22-/m1/s1. The van der Waals surface area contributed by atoms with Crippen LogP contribution in [0.3, 0.4) is 0 Å². The van der Waals surface area contributed by atoms with Crippen molar-refractivity contribution in [2.75, 3.05) is 17.2 Å². The molecule has 2 aromatic heterocycles. The minimum Gasteiger partial charge on any atom is -0.358 e. The fourth-order valence-electron chi connectivity index (χ4n) is 4.36. The molecule has 1 atom stereocenters. The summed E-state index contributed by atoms with van der Waals surface area (Å²) in [6, 6.07) is 14.8. The summed E-state index contributed by atoms with van der Waals surface area (Å²) >= 11 is 0. The van der Waals surface area contributed by atoms with Gasteiger partial charge in [-0.15, -0.1) is 0 Å². The molecule has 8 heteroatoms. The summed E-state index contributed by atoms with van der Waals surface area (Å²) in [6.45, 7) is 3.11. The fourth-order valence-corrected chi connectivity index (χ4v) is 4.36. The van der Waals surface area contributed by atoms with E-state index in [0.717, 1.165) is 30.6 Å². The number of aromatic nitrogens is 3. The second kappa shape index (κ2) is 11.3. The van der Waals surface area contributed by atoms with Crippen LogP contribution >= 0.6 is 0 Å². The van der Waals surface area contributed by atoms with E-state index in [0.29, 0.717) is 36.3 Å². The highest BCUT2D eigenvalue weighted by Crippen LogP contribution is 2.29. The number of anilines is 2. The van der Waals surface area contributed by atoms with Gasteiger partial charge < -0.3 is 20.5 Å². The molecule has 0 unspecified atom stereocenters. The number of nitrogens with zero attached hydrogens (tertiary/aromatic N) is 4. The van der Waals surface area contributed by atoms with Crippen molar-refractivity contribution in [3.8, 4) is 11.9 Å². The third kappa shape index (κ3) is 6.13. The van der Waals surface area contributed by atoms with Gasteiger partial charge in [0, 0.05) is 31.5 Å². The van der Waals surface area contributed by atoms with E-state index in [1.54, 1.807) is 12.1 Å². The number of carbonyl (C=O) groups excluding carboxylic acids is 1. The Hall–Kier alpha value is -3.86. The summed E-state index contributed by atoms with van der Waals surface area (Å²) in [4.78, 5) is 22.5. The smallest absolute Gasteiger partial charge is 0.242 e. The van der Waals surface area contributed by atoms with E-state index in [1.807, 2.05) is 54.2 Å². The highest BCUT2D eigenvalue weighted by molar-refractivity contribution is 5.84. The summed E-state index contributed by atoms with van der Waals surface area (Å²) in [7, 11) is 0. The molecule has 176 valence electrons. The molecule has 3 N–H and O–H groups in total. The summed E-state index contributed by atoms with van der Waals surface area (Å²) < 4.78 is 1.92. The number of hydrogen-bond donors (Lipinski definition) is 3. The third-order valence-electron chi connectivity index (χ3n) is 6.15. The Bertz CT molecular complexity index is 1110. The molecular formula is C26H31N7O. The minimum absolute atomic E-state index is 0.0533. The van der Waals surface area contributed by atoms with Crippen molar-refractivity contribution in [1.29, 1.82) is 5.26 Å². The van der Waals surface area contributed by atoms with Crippen molar-refractivity contribution in [3.05, 3.63) is 66.0 Å². The number of rotatable bonds is 10. The SMILES string of the molecule is CCNc1nc(N[C@H](CC2CCCC2)C(=O)NCc2ccc(C#N)cc2)cc(-n2cccc2)n1. The quantitative estimate of drug-likeness (QED) is 0.420. The lowest BCUT2D eigenvalue weighted by atomic mass is 9.97. The van der Waals surface area contributed by atoms with Crippen LogP contribution in [0.5, 0.6) is 0 Å². The Balaban J connectivity index is 1.51. The highest BCUT2D eigenvalue weighted by Gasteiger charge is 2.26. The van der Waals surface area contributed by atoms with Gasteiger partial charge in [-0.05, 0) is 49.1 Å². The van der Waals surface area contributed by atoms with Gasteiger partial charge in [-0.2, -0.15) is 15.2 Å². The van der Waals surface area contributed by atoms with Crippen LogP contribution in [0.25, 0.3) is 5.82 Å². The molecule has 0 bridgehead atoms. The molecule has 34 heavy (non-hydrogen) atoms. The molecule has 0 spiro atoms. The Labute approximate surface area is 200 Å². The van der Waals surface area contributed by atoms with Crippen LogP contribution in [-0.4, -0.2) is 33.0 Å². The molecule has 4 rings (SSSR count). The second-order valence-electron chi connectivity index (χ2n) is 8.67. The highest BCUT2D eigenvalue weighted by atomic mass is 16.2. The van der Waals surface area contributed by atoms with Gasteiger partial charge in [0.15, 0.2) is 0 Å². The van der Waals surface area contributed by atoms with Gasteiger partial charge in [0.05, 0.1) is 11.6 Å². The number of nitriles is 1. The first-order valence-corrected chi connectivity index (χ1v) is 11.9. The Morgan fingerprint density at radius 1 is 1.18 bits per heavy atom. The number of amides is 1. The van der Waals surface area contributed by atoms with Gasteiger partial charge in [-0.1, -0.05) is 37.8 Å². The number of benzene rings is 1. The largest absolute Gasteiger partial charge is 0.358 e. The molecule has 0 saturated heterocycles. The Kier molecular flexibility index (Phi) is 7.76. The third-order valence-corrected chi connectivity index (χ3v) is 6.15. The van der Waals surface area contributed by atoms with E-state index in [9.17, 15) is 4.79 Å². The molecular weight excluding hydrogens is 426 g/mol. The summed E-state index contributed by atoms with van der Waals surface area (Å²) in [6.07, 6.45) is 9.38. The molecule has 1 saturated carbocycles. The van der Waals surface area contributed by atoms with Gasteiger partial charge in [-0.3, -0.25) is 4.79 Å². The average molecular weight is 458 g/mol. The molecule has 1 aliphatic rings. The summed E-state index contributed by atoms with van der Waals surface area (Å²) in [5, 5.41) is 18.6. The predicted molar refractivity (Wildman–Crippen MR) is 133 cm³/mol. The first kappa shape index (κ1) is 23.3. The van der Waals surface area contributed by atoms with Crippen molar-refractivity contribution in [1.82, 2.24) is 19.9 Å². The van der Waals surface area contributed by atoms with E-state index < -0.39 is 6.04 Å². The fraction of sp³-hybridized carbons (Fsp3) is 0.385. The number of nitrogens with one attached hydrogen (secondary N) is 3. The van der Waals surface area contributed by atoms with Crippen molar-refractivity contribution >= 4 is 17.7 Å². The molecule has 1 aliphatic carbocycles.